The number of nitrogens with zero attached hydrogens (tertiary/aromatic N) is 4. The average Bonchev–Trinajstić information content (AvgIpc) is 3.28. The van der Waals surface area contributed by atoms with Crippen molar-refractivity contribution in [3.05, 3.63) is 106 Å². The van der Waals surface area contributed by atoms with E-state index in [1.807, 2.05) is 6.07 Å². The first-order valence-corrected chi connectivity index (χ1v) is 12.7. The number of rotatable bonds is 12. The second kappa shape index (κ2) is 12.9. The van der Waals surface area contributed by atoms with E-state index in [2.05, 4.69) is 15.3 Å². The van der Waals surface area contributed by atoms with Crippen molar-refractivity contribution in [1.29, 1.82) is 0 Å². The van der Waals surface area contributed by atoms with E-state index in [9.17, 15) is 9.18 Å². The predicted molar refractivity (Wildman–Crippen MR) is 146 cm³/mol. The number of hydrogen-bond acceptors (Lipinski definition) is 6. The van der Waals surface area contributed by atoms with Crippen LogP contribution in [0.3, 0.4) is 0 Å². The fraction of sp³-hybridized carbons (Fsp3) is 0.310. The van der Waals surface area contributed by atoms with E-state index in [0.717, 1.165) is 5.56 Å². The lowest BCUT2D eigenvalue weighted by Crippen LogP contribution is -2.52. The number of benzene rings is 3. The normalized spacial score (nSPS) is 18.0. The molecule has 0 aromatic heterocycles. The molecule has 0 radical (unpaired) electrons. The van der Waals surface area contributed by atoms with Crippen LogP contribution in [0.15, 0.2) is 82.9 Å². The van der Waals surface area contributed by atoms with E-state index in [1.165, 1.54) is 12.1 Å². The second-order valence-electron chi connectivity index (χ2n) is 9.18. The highest BCUT2D eigenvalue weighted by molar-refractivity contribution is 6.01. The first-order valence-electron chi connectivity index (χ1n) is 12.7. The van der Waals surface area contributed by atoms with Gasteiger partial charge in [-0.3, -0.25) is 4.79 Å². The van der Waals surface area contributed by atoms with E-state index in [0.29, 0.717) is 54.5 Å². The van der Waals surface area contributed by atoms with Crippen molar-refractivity contribution in [2.24, 2.45) is 10.1 Å². The topological polar surface area (TPSA) is 129 Å². The average molecular weight is 532 g/mol. The lowest BCUT2D eigenvalue weighted by atomic mass is 9.85. The predicted octanol–water partition coefficient (Wildman–Crippen LogP) is 5.03. The first kappa shape index (κ1) is 27.6. The Morgan fingerprint density at radius 1 is 1.18 bits per heavy atom. The quantitative estimate of drug-likeness (QED) is 0.147. The maximum atomic E-state index is 13.8. The molecule has 0 saturated carbocycles. The molecule has 0 spiro atoms. The van der Waals surface area contributed by atoms with Gasteiger partial charge in [0.05, 0.1) is 6.61 Å². The summed E-state index contributed by atoms with van der Waals surface area (Å²) in [5.41, 5.74) is 10.4. The molecule has 0 bridgehead atoms. The molecule has 4 rings (SSSR count). The number of aliphatic hydroxyl groups excluding tert-OH is 1. The number of amides is 1. The lowest BCUT2D eigenvalue weighted by Gasteiger charge is -2.28. The van der Waals surface area contributed by atoms with Crippen LogP contribution in [0.5, 0.6) is 5.75 Å². The van der Waals surface area contributed by atoms with Gasteiger partial charge in [-0.25, -0.2) is 9.38 Å². The smallest absolute Gasteiger partial charge is 0.252 e. The standard InChI is InChI=1S/C29H30FN5O4/c1-20-29(19-23-5-2-3-6-26(23)34-35-31,28(37)32-16-15-21-7-11-24(30)12-8-21)33-27(39-20)22-9-13-25(14-10-22)38-18-4-17-36/h2-3,5-14,20,36H,4,15-19H2,1H3,(H,32,37)/t20-,29-/m1/s1. The zero-order valence-corrected chi connectivity index (χ0v) is 21.6. The summed E-state index contributed by atoms with van der Waals surface area (Å²) in [7, 11) is 0. The molecule has 1 aliphatic rings. The SMILES string of the molecule is C[C@H]1OC(c2ccc(OCCCO)cc2)=N[C@@]1(Cc1ccccc1N=[N+]=[N-])C(=O)NCCc1ccc(F)cc1. The Kier molecular flexibility index (Phi) is 9.14. The Bertz CT molecular complexity index is 1360. The summed E-state index contributed by atoms with van der Waals surface area (Å²) in [5.74, 6) is 0.321. The largest absolute Gasteiger partial charge is 0.494 e. The van der Waals surface area contributed by atoms with Crippen molar-refractivity contribution in [3.63, 3.8) is 0 Å². The third-order valence-corrected chi connectivity index (χ3v) is 6.54. The van der Waals surface area contributed by atoms with Gasteiger partial charge in [0.25, 0.3) is 5.91 Å². The molecule has 10 heteroatoms. The van der Waals surface area contributed by atoms with Gasteiger partial charge in [0.1, 0.15) is 17.7 Å². The summed E-state index contributed by atoms with van der Waals surface area (Å²) in [5, 5.41) is 15.7. The number of halogens is 1. The van der Waals surface area contributed by atoms with Crippen LogP contribution < -0.4 is 10.1 Å². The van der Waals surface area contributed by atoms with Crippen molar-refractivity contribution < 1.29 is 23.8 Å². The van der Waals surface area contributed by atoms with E-state index in [1.54, 1.807) is 61.5 Å². The molecule has 3 aromatic carbocycles. The molecule has 1 heterocycles. The number of azide groups is 1. The number of hydrogen-bond donors (Lipinski definition) is 2. The Morgan fingerprint density at radius 2 is 1.92 bits per heavy atom. The monoisotopic (exact) mass is 531 g/mol. The summed E-state index contributed by atoms with van der Waals surface area (Å²) in [6.07, 6.45) is 0.571. The third-order valence-electron chi connectivity index (χ3n) is 6.54. The van der Waals surface area contributed by atoms with Crippen LogP contribution in [0.2, 0.25) is 0 Å². The molecule has 39 heavy (non-hydrogen) atoms. The Morgan fingerprint density at radius 3 is 2.64 bits per heavy atom. The van der Waals surface area contributed by atoms with Gasteiger partial charge < -0.3 is 19.9 Å². The minimum atomic E-state index is -1.32. The van der Waals surface area contributed by atoms with E-state index >= 15 is 0 Å². The molecule has 2 atom stereocenters. The van der Waals surface area contributed by atoms with Crippen molar-refractivity contribution >= 4 is 17.5 Å². The molecule has 0 unspecified atom stereocenters. The highest BCUT2D eigenvalue weighted by Gasteiger charge is 2.50. The number of carbonyl (C=O) groups excluding carboxylic acids is 1. The van der Waals surface area contributed by atoms with Crippen LogP contribution >= 0.6 is 0 Å². The lowest BCUT2D eigenvalue weighted by molar-refractivity contribution is -0.128. The van der Waals surface area contributed by atoms with Gasteiger partial charge in [-0.15, -0.1) is 0 Å². The Balaban J connectivity index is 1.60. The molecular formula is C29H30FN5O4. The number of ether oxygens (including phenoxy) is 2. The molecule has 3 aromatic rings. The fourth-order valence-corrected chi connectivity index (χ4v) is 4.36. The highest BCUT2D eigenvalue weighted by atomic mass is 19.1. The van der Waals surface area contributed by atoms with Gasteiger partial charge >= 0.3 is 0 Å². The van der Waals surface area contributed by atoms with Gasteiger partial charge in [0.15, 0.2) is 5.54 Å². The minimum Gasteiger partial charge on any atom is -0.494 e. The van der Waals surface area contributed by atoms with Crippen LogP contribution in [0.4, 0.5) is 10.1 Å². The van der Waals surface area contributed by atoms with E-state index in [-0.39, 0.29) is 24.8 Å². The molecule has 1 amide bonds. The maximum Gasteiger partial charge on any atom is 0.252 e. The molecule has 202 valence electrons. The van der Waals surface area contributed by atoms with Crippen molar-refractivity contribution in [2.45, 2.75) is 37.8 Å². The van der Waals surface area contributed by atoms with E-state index in [4.69, 9.17) is 25.1 Å². The second-order valence-corrected chi connectivity index (χ2v) is 9.18. The van der Waals surface area contributed by atoms with Crippen molar-refractivity contribution in [2.75, 3.05) is 19.8 Å². The highest BCUT2D eigenvalue weighted by Crippen LogP contribution is 2.35. The number of aliphatic imine (C=N–C) groups is 1. The van der Waals surface area contributed by atoms with Crippen LogP contribution in [0, 0.1) is 5.82 Å². The summed E-state index contributed by atoms with van der Waals surface area (Å²) in [6.45, 7) is 2.56. The third kappa shape index (κ3) is 6.73. The summed E-state index contributed by atoms with van der Waals surface area (Å²) >= 11 is 0. The van der Waals surface area contributed by atoms with Gasteiger partial charge in [-0.1, -0.05) is 41.5 Å². The summed E-state index contributed by atoms with van der Waals surface area (Å²) in [4.78, 5) is 21.5. The van der Waals surface area contributed by atoms with Crippen LogP contribution in [-0.4, -0.2) is 48.3 Å². The van der Waals surface area contributed by atoms with Gasteiger partial charge in [0.2, 0.25) is 5.90 Å². The first-order chi connectivity index (χ1) is 18.9. The maximum absolute atomic E-state index is 13.8. The van der Waals surface area contributed by atoms with Gasteiger partial charge in [-0.05, 0) is 66.4 Å². The van der Waals surface area contributed by atoms with Crippen molar-refractivity contribution in [1.82, 2.24) is 5.32 Å². The zero-order valence-electron chi connectivity index (χ0n) is 21.6. The number of carbonyl (C=O) groups is 1. The van der Waals surface area contributed by atoms with Gasteiger partial charge in [0, 0.05) is 42.2 Å². The van der Waals surface area contributed by atoms with E-state index < -0.39 is 11.6 Å². The molecule has 2 N–H and O–H groups in total. The van der Waals surface area contributed by atoms with Crippen LogP contribution in [0.25, 0.3) is 10.4 Å². The number of aliphatic hydroxyl groups is 1. The molecule has 0 aliphatic carbocycles. The molecule has 0 saturated heterocycles. The van der Waals surface area contributed by atoms with Gasteiger partial charge in [-0.2, -0.15) is 0 Å². The molecule has 1 aliphatic heterocycles. The fourth-order valence-electron chi connectivity index (χ4n) is 4.36. The Hall–Kier alpha value is -4.40. The summed E-state index contributed by atoms with van der Waals surface area (Å²) < 4.78 is 25.0. The zero-order chi connectivity index (χ0) is 27.7. The minimum absolute atomic E-state index is 0.0530. The molecule has 9 nitrogen and oxygen atoms in total. The molecular weight excluding hydrogens is 501 g/mol. The Labute approximate surface area is 225 Å². The summed E-state index contributed by atoms with van der Waals surface area (Å²) in [6, 6.07) is 20.4. The number of nitrogens with one attached hydrogen (secondary N) is 1. The van der Waals surface area contributed by atoms with Crippen molar-refractivity contribution in [3.8, 4) is 5.75 Å². The van der Waals surface area contributed by atoms with Crippen LogP contribution in [0.1, 0.15) is 30.0 Å². The molecule has 0 fully saturated rings. The van der Waals surface area contributed by atoms with Crippen LogP contribution in [-0.2, 0) is 22.4 Å².